The van der Waals surface area contributed by atoms with Crippen molar-refractivity contribution in [2.45, 2.75) is 0 Å². The van der Waals surface area contributed by atoms with Crippen molar-refractivity contribution < 1.29 is 9.72 Å². The molecule has 3 N–H and O–H groups in total. The van der Waals surface area contributed by atoms with Gasteiger partial charge in [-0.25, -0.2) is 0 Å². The zero-order valence-corrected chi connectivity index (χ0v) is 10.3. The number of likely N-dealkylation sites (N-methyl/N-ethyl adjacent to an activating group) is 1. The standard InChI is InChI=1S/C11H13N5O3/c1-12-4-5-13-11(17)10-8-6-7(16(18)19)2-3-9(8)14-15-10/h2-3,6,12H,4-5H2,1H3,(H,13,17)(H,14,15). The zero-order chi connectivity index (χ0) is 13.8. The molecule has 19 heavy (non-hydrogen) atoms. The van der Waals surface area contributed by atoms with E-state index in [4.69, 9.17) is 0 Å². The summed E-state index contributed by atoms with van der Waals surface area (Å²) >= 11 is 0. The van der Waals surface area contributed by atoms with Gasteiger partial charge in [0.05, 0.1) is 10.4 Å². The average molecular weight is 263 g/mol. The molecule has 1 heterocycles. The van der Waals surface area contributed by atoms with Crippen molar-refractivity contribution in [2.24, 2.45) is 0 Å². The molecule has 0 fully saturated rings. The largest absolute Gasteiger partial charge is 0.349 e. The van der Waals surface area contributed by atoms with Crippen LogP contribution in [0.25, 0.3) is 10.9 Å². The number of rotatable bonds is 5. The Morgan fingerprint density at radius 3 is 2.95 bits per heavy atom. The Kier molecular flexibility index (Phi) is 3.71. The highest BCUT2D eigenvalue weighted by Gasteiger charge is 2.16. The molecule has 100 valence electrons. The molecule has 0 spiro atoms. The van der Waals surface area contributed by atoms with Crippen LogP contribution in [0, 0.1) is 10.1 Å². The van der Waals surface area contributed by atoms with E-state index < -0.39 is 4.92 Å². The molecule has 0 saturated carbocycles. The minimum atomic E-state index is -0.505. The van der Waals surface area contributed by atoms with Gasteiger partial charge in [0, 0.05) is 30.6 Å². The van der Waals surface area contributed by atoms with E-state index in [-0.39, 0.29) is 17.3 Å². The van der Waals surface area contributed by atoms with Gasteiger partial charge in [0.25, 0.3) is 11.6 Å². The summed E-state index contributed by atoms with van der Waals surface area (Å²) in [6, 6.07) is 4.24. The molecular weight excluding hydrogens is 250 g/mol. The molecule has 8 heteroatoms. The van der Waals surface area contributed by atoms with Crippen LogP contribution in [0.3, 0.4) is 0 Å². The van der Waals surface area contributed by atoms with Gasteiger partial charge < -0.3 is 10.6 Å². The van der Waals surface area contributed by atoms with Crippen LogP contribution in [0.1, 0.15) is 10.5 Å². The van der Waals surface area contributed by atoms with Gasteiger partial charge in [-0.1, -0.05) is 0 Å². The minimum Gasteiger partial charge on any atom is -0.349 e. The lowest BCUT2D eigenvalue weighted by Crippen LogP contribution is -2.30. The number of aromatic amines is 1. The molecule has 2 aromatic rings. The van der Waals surface area contributed by atoms with Crippen LogP contribution in [0.2, 0.25) is 0 Å². The van der Waals surface area contributed by atoms with Crippen molar-refractivity contribution in [2.75, 3.05) is 20.1 Å². The molecule has 0 aliphatic heterocycles. The van der Waals surface area contributed by atoms with E-state index in [0.29, 0.717) is 24.0 Å². The maximum Gasteiger partial charge on any atom is 0.272 e. The van der Waals surface area contributed by atoms with Gasteiger partial charge in [-0.15, -0.1) is 0 Å². The Hall–Kier alpha value is -2.48. The number of benzene rings is 1. The van der Waals surface area contributed by atoms with Crippen molar-refractivity contribution in [3.8, 4) is 0 Å². The molecule has 0 radical (unpaired) electrons. The first-order valence-electron chi connectivity index (χ1n) is 5.69. The number of carbonyl (C=O) groups excluding carboxylic acids is 1. The van der Waals surface area contributed by atoms with Crippen LogP contribution in [0.15, 0.2) is 18.2 Å². The van der Waals surface area contributed by atoms with E-state index in [1.165, 1.54) is 18.2 Å². The topological polar surface area (TPSA) is 113 Å². The summed E-state index contributed by atoms with van der Waals surface area (Å²) in [4.78, 5) is 22.1. The van der Waals surface area contributed by atoms with Gasteiger partial charge >= 0.3 is 0 Å². The van der Waals surface area contributed by atoms with Crippen LogP contribution < -0.4 is 10.6 Å². The molecular formula is C11H13N5O3. The van der Waals surface area contributed by atoms with E-state index in [9.17, 15) is 14.9 Å². The van der Waals surface area contributed by atoms with E-state index in [1.54, 1.807) is 7.05 Å². The molecule has 2 rings (SSSR count). The second-order valence-corrected chi connectivity index (χ2v) is 3.92. The highest BCUT2D eigenvalue weighted by molar-refractivity contribution is 6.05. The lowest BCUT2D eigenvalue weighted by molar-refractivity contribution is -0.384. The van der Waals surface area contributed by atoms with Gasteiger partial charge in [0.1, 0.15) is 0 Å². The molecule has 0 atom stereocenters. The van der Waals surface area contributed by atoms with E-state index in [1.807, 2.05) is 0 Å². The summed E-state index contributed by atoms with van der Waals surface area (Å²) in [5.74, 6) is -0.359. The van der Waals surface area contributed by atoms with Crippen LogP contribution in [-0.4, -0.2) is 41.2 Å². The second-order valence-electron chi connectivity index (χ2n) is 3.92. The molecule has 8 nitrogen and oxygen atoms in total. The number of nitro benzene ring substituents is 1. The van der Waals surface area contributed by atoms with Gasteiger partial charge in [0.15, 0.2) is 5.69 Å². The number of nitrogens with one attached hydrogen (secondary N) is 3. The Morgan fingerprint density at radius 1 is 1.47 bits per heavy atom. The third kappa shape index (κ3) is 2.68. The molecule has 0 unspecified atom stereocenters. The van der Waals surface area contributed by atoms with E-state index >= 15 is 0 Å². The Balaban J connectivity index is 2.30. The normalized spacial score (nSPS) is 10.6. The minimum absolute atomic E-state index is 0.0711. The van der Waals surface area contributed by atoms with E-state index in [2.05, 4.69) is 20.8 Å². The number of aromatic nitrogens is 2. The summed E-state index contributed by atoms with van der Waals surface area (Å²) in [5.41, 5.74) is 0.678. The lowest BCUT2D eigenvalue weighted by atomic mass is 10.2. The van der Waals surface area contributed by atoms with Crippen LogP contribution >= 0.6 is 0 Å². The van der Waals surface area contributed by atoms with Crippen molar-refractivity contribution in [1.29, 1.82) is 0 Å². The highest BCUT2D eigenvalue weighted by atomic mass is 16.6. The summed E-state index contributed by atoms with van der Waals surface area (Å²) in [6.07, 6.45) is 0. The van der Waals surface area contributed by atoms with Crippen LogP contribution in [-0.2, 0) is 0 Å². The molecule has 0 aliphatic rings. The predicted octanol–water partition coefficient (Wildman–Crippen LogP) is 0.420. The molecule has 0 saturated heterocycles. The smallest absolute Gasteiger partial charge is 0.272 e. The number of hydrogen-bond donors (Lipinski definition) is 3. The number of nitrogens with zero attached hydrogens (tertiary/aromatic N) is 2. The second kappa shape index (κ2) is 5.44. The average Bonchev–Trinajstić information content (AvgIpc) is 2.81. The van der Waals surface area contributed by atoms with Crippen molar-refractivity contribution >= 4 is 22.5 Å². The van der Waals surface area contributed by atoms with Crippen molar-refractivity contribution in [1.82, 2.24) is 20.8 Å². The summed E-state index contributed by atoms with van der Waals surface area (Å²) in [7, 11) is 1.78. The first-order chi connectivity index (χ1) is 9.13. The lowest BCUT2D eigenvalue weighted by Gasteiger charge is -2.02. The molecule has 1 aromatic carbocycles. The van der Waals surface area contributed by atoms with Gasteiger partial charge in [-0.05, 0) is 13.1 Å². The monoisotopic (exact) mass is 263 g/mol. The highest BCUT2D eigenvalue weighted by Crippen LogP contribution is 2.21. The van der Waals surface area contributed by atoms with E-state index in [0.717, 1.165) is 0 Å². The number of fused-ring (bicyclic) bond motifs is 1. The van der Waals surface area contributed by atoms with Crippen LogP contribution in [0.5, 0.6) is 0 Å². The SMILES string of the molecule is CNCCNC(=O)c1n[nH]c2ccc([N+](=O)[O-])cc12. The zero-order valence-electron chi connectivity index (χ0n) is 10.3. The fourth-order valence-corrected chi connectivity index (χ4v) is 1.67. The van der Waals surface area contributed by atoms with Gasteiger partial charge in [-0.2, -0.15) is 5.10 Å². The first kappa shape index (κ1) is 13.0. The summed E-state index contributed by atoms with van der Waals surface area (Å²) in [5, 5.41) is 23.3. The molecule has 1 aromatic heterocycles. The maximum absolute atomic E-state index is 11.9. The number of H-pyrrole nitrogens is 1. The Bertz CT molecular complexity index is 622. The van der Waals surface area contributed by atoms with Crippen LogP contribution in [0.4, 0.5) is 5.69 Å². The third-order valence-corrected chi connectivity index (χ3v) is 2.63. The number of nitro groups is 1. The maximum atomic E-state index is 11.9. The number of hydrogen-bond acceptors (Lipinski definition) is 5. The molecule has 0 bridgehead atoms. The summed E-state index contributed by atoms with van der Waals surface area (Å²) in [6.45, 7) is 1.09. The Morgan fingerprint density at radius 2 is 2.26 bits per heavy atom. The van der Waals surface area contributed by atoms with Crippen molar-refractivity contribution in [3.05, 3.63) is 34.0 Å². The summed E-state index contributed by atoms with van der Waals surface area (Å²) < 4.78 is 0. The number of non-ortho nitro benzene ring substituents is 1. The predicted molar refractivity (Wildman–Crippen MR) is 69.0 cm³/mol. The first-order valence-corrected chi connectivity index (χ1v) is 5.69. The van der Waals surface area contributed by atoms with Gasteiger partial charge in [-0.3, -0.25) is 20.0 Å². The third-order valence-electron chi connectivity index (χ3n) is 2.63. The molecule has 0 aliphatic carbocycles. The van der Waals surface area contributed by atoms with Gasteiger partial charge in [0.2, 0.25) is 0 Å². The fourth-order valence-electron chi connectivity index (χ4n) is 1.67. The Labute approximate surface area is 108 Å². The fraction of sp³-hybridized carbons (Fsp3) is 0.273. The van der Waals surface area contributed by atoms with Crippen molar-refractivity contribution in [3.63, 3.8) is 0 Å². The quantitative estimate of drug-likeness (QED) is 0.411. The molecule has 1 amide bonds. The number of amides is 1. The number of carbonyl (C=O) groups is 1.